The summed E-state index contributed by atoms with van der Waals surface area (Å²) in [6.07, 6.45) is 0. The van der Waals surface area contributed by atoms with Crippen molar-refractivity contribution in [2.75, 3.05) is 0 Å². The molecule has 0 spiro atoms. The van der Waals surface area contributed by atoms with E-state index in [0.29, 0.717) is 0 Å². The van der Waals surface area contributed by atoms with Gasteiger partial charge in [-0.25, -0.2) is 0 Å². The maximum Gasteiger partial charge on any atom is 0.308 e. The van der Waals surface area contributed by atoms with Crippen molar-refractivity contribution in [3.8, 4) is 0 Å². The molecule has 0 amide bonds. The number of allylic oxidation sites excluding steroid dienone is 2. The minimum Gasteiger partial charge on any atom is -0.421 e. The molecular weight excluding hydrogens is 146 g/mol. The Kier molecular flexibility index (Phi) is 3.30. The van der Waals surface area contributed by atoms with Crippen molar-refractivity contribution < 1.29 is 14.3 Å². The number of esters is 1. The summed E-state index contributed by atoms with van der Waals surface area (Å²) >= 11 is 0. The monoisotopic (exact) mass is 157 g/mol. The molecule has 0 aliphatic heterocycles. The van der Waals surface area contributed by atoms with Gasteiger partial charge >= 0.3 is 5.97 Å². The minimum absolute atomic E-state index is 0.0718. The Morgan fingerprint density at radius 1 is 1.18 bits per heavy atom. The van der Waals surface area contributed by atoms with E-state index in [0.717, 1.165) is 0 Å². The van der Waals surface area contributed by atoms with E-state index in [1.807, 2.05) is 0 Å². The normalized spacial score (nSPS) is 11.9. The lowest BCUT2D eigenvalue weighted by Gasteiger charge is -2.03. The predicted octanol–water partition coefficient (Wildman–Crippen LogP) is 0.329. The van der Waals surface area contributed by atoms with Crippen LogP contribution >= 0.6 is 0 Å². The number of carbonyl (C=O) groups is 2. The van der Waals surface area contributed by atoms with Crippen LogP contribution in [0.4, 0.5) is 0 Å². The highest BCUT2D eigenvalue weighted by molar-refractivity contribution is 5.94. The van der Waals surface area contributed by atoms with Crippen molar-refractivity contribution in [1.29, 1.82) is 0 Å². The van der Waals surface area contributed by atoms with Gasteiger partial charge in [0.25, 0.3) is 0 Å². The third-order valence-electron chi connectivity index (χ3n) is 0.924. The summed E-state index contributed by atoms with van der Waals surface area (Å²) in [5.74, 6) is -0.960. The quantitative estimate of drug-likeness (QED) is 0.356. The summed E-state index contributed by atoms with van der Waals surface area (Å²) < 4.78 is 4.54. The summed E-state index contributed by atoms with van der Waals surface area (Å²) in [5, 5.41) is 0. The average Bonchev–Trinajstić information content (AvgIpc) is 1.81. The number of hydrogen-bond donors (Lipinski definition) is 1. The molecule has 0 aromatic carbocycles. The molecule has 4 nitrogen and oxygen atoms in total. The fourth-order valence-electron chi connectivity index (χ4n) is 0.574. The summed E-state index contributed by atoms with van der Waals surface area (Å²) in [5.41, 5.74) is 5.48. The number of nitrogens with two attached hydrogens (primary N) is 1. The van der Waals surface area contributed by atoms with Crippen LogP contribution in [0.2, 0.25) is 0 Å². The lowest BCUT2D eigenvalue weighted by Crippen LogP contribution is -2.12. The van der Waals surface area contributed by atoms with Crippen LogP contribution < -0.4 is 5.73 Å². The van der Waals surface area contributed by atoms with Crippen LogP contribution in [0.5, 0.6) is 0 Å². The second-order valence-electron chi connectivity index (χ2n) is 2.16. The number of ether oxygens (including phenoxy) is 1. The fraction of sp³-hybridized carbons (Fsp3) is 0.429. The molecule has 0 fully saturated rings. The molecule has 0 unspecified atom stereocenters. The summed E-state index contributed by atoms with van der Waals surface area (Å²) in [7, 11) is 0. The molecule has 0 aliphatic rings. The van der Waals surface area contributed by atoms with Crippen molar-refractivity contribution in [3.05, 3.63) is 11.5 Å². The number of rotatable bonds is 2. The summed E-state index contributed by atoms with van der Waals surface area (Å²) in [6.45, 7) is 4.00. The first kappa shape index (κ1) is 9.68. The molecule has 0 saturated heterocycles. The average molecular weight is 157 g/mol. The van der Waals surface area contributed by atoms with Crippen LogP contribution in [0.15, 0.2) is 11.5 Å². The molecule has 0 rings (SSSR count). The first-order valence-corrected chi connectivity index (χ1v) is 3.11. The van der Waals surface area contributed by atoms with Crippen LogP contribution in [0.1, 0.15) is 20.8 Å². The second-order valence-corrected chi connectivity index (χ2v) is 2.16. The topological polar surface area (TPSA) is 69.4 Å². The van der Waals surface area contributed by atoms with E-state index in [-0.39, 0.29) is 17.2 Å². The smallest absolute Gasteiger partial charge is 0.308 e. The van der Waals surface area contributed by atoms with Crippen LogP contribution in [0, 0.1) is 0 Å². The van der Waals surface area contributed by atoms with E-state index in [4.69, 9.17) is 5.73 Å². The molecule has 0 aromatic heterocycles. The van der Waals surface area contributed by atoms with Gasteiger partial charge in [-0.2, -0.15) is 0 Å². The number of Topliss-reactive ketones (excluding diaryl/α,β-unsaturated/α-hetero) is 1. The van der Waals surface area contributed by atoms with Crippen LogP contribution in [-0.2, 0) is 14.3 Å². The molecule has 0 saturated carbocycles. The van der Waals surface area contributed by atoms with E-state index in [1.54, 1.807) is 0 Å². The second kappa shape index (κ2) is 3.75. The zero-order chi connectivity index (χ0) is 9.02. The molecule has 0 atom stereocenters. The van der Waals surface area contributed by atoms with Crippen LogP contribution in [0.25, 0.3) is 0 Å². The van der Waals surface area contributed by atoms with Crippen LogP contribution in [0.3, 0.4) is 0 Å². The predicted molar refractivity (Wildman–Crippen MR) is 39.3 cm³/mol. The Balaban J connectivity index is 4.52. The van der Waals surface area contributed by atoms with Gasteiger partial charge in [-0.1, -0.05) is 0 Å². The van der Waals surface area contributed by atoms with Gasteiger partial charge < -0.3 is 10.5 Å². The van der Waals surface area contributed by atoms with Gasteiger partial charge in [-0.15, -0.1) is 0 Å². The maximum atomic E-state index is 10.7. The largest absolute Gasteiger partial charge is 0.421 e. The number of carbonyl (C=O) groups excluding carboxylic acids is 2. The van der Waals surface area contributed by atoms with Gasteiger partial charge in [0.1, 0.15) is 0 Å². The van der Waals surface area contributed by atoms with E-state index in [9.17, 15) is 9.59 Å². The molecule has 0 radical (unpaired) electrons. The highest BCUT2D eigenvalue weighted by atomic mass is 16.5. The highest BCUT2D eigenvalue weighted by Crippen LogP contribution is 2.02. The standard InChI is InChI=1S/C7H11NO3/c1-4(8)7(5(2)9)11-6(3)10/h8H2,1-3H3/b7-4-. The minimum atomic E-state index is -0.542. The first-order valence-electron chi connectivity index (χ1n) is 3.11. The van der Waals surface area contributed by atoms with Crippen molar-refractivity contribution >= 4 is 11.8 Å². The third-order valence-corrected chi connectivity index (χ3v) is 0.924. The molecule has 0 aliphatic carbocycles. The van der Waals surface area contributed by atoms with Crippen LogP contribution in [-0.4, -0.2) is 11.8 Å². The van der Waals surface area contributed by atoms with Gasteiger partial charge in [0, 0.05) is 13.8 Å². The Morgan fingerprint density at radius 2 is 1.64 bits per heavy atom. The van der Waals surface area contributed by atoms with Gasteiger partial charge in [0.05, 0.1) is 5.70 Å². The Hall–Kier alpha value is -1.32. The zero-order valence-electron chi connectivity index (χ0n) is 6.80. The molecule has 0 bridgehead atoms. The number of ketones is 1. The highest BCUT2D eigenvalue weighted by Gasteiger charge is 2.09. The SMILES string of the molecule is CC(=O)O/C(C(C)=O)=C(/C)N. The van der Waals surface area contributed by atoms with Crippen molar-refractivity contribution in [1.82, 2.24) is 0 Å². The lowest BCUT2D eigenvalue weighted by molar-refractivity contribution is -0.140. The van der Waals surface area contributed by atoms with Gasteiger partial charge in [0.2, 0.25) is 0 Å². The molecule has 62 valence electrons. The molecule has 11 heavy (non-hydrogen) atoms. The summed E-state index contributed by atoms with van der Waals surface area (Å²) in [4.78, 5) is 21.1. The molecule has 0 heterocycles. The van der Waals surface area contributed by atoms with Crippen molar-refractivity contribution in [2.45, 2.75) is 20.8 Å². The van der Waals surface area contributed by atoms with Crippen molar-refractivity contribution in [2.24, 2.45) is 5.73 Å². The lowest BCUT2D eigenvalue weighted by atomic mass is 10.3. The number of hydrogen-bond acceptors (Lipinski definition) is 4. The maximum absolute atomic E-state index is 10.7. The molecule has 2 N–H and O–H groups in total. The summed E-state index contributed by atoms with van der Waals surface area (Å²) in [6, 6.07) is 0. The Morgan fingerprint density at radius 3 is 1.73 bits per heavy atom. The third kappa shape index (κ3) is 3.40. The van der Waals surface area contributed by atoms with E-state index < -0.39 is 5.97 Å². The van der Waals surface area contributed by atoms with E-state index >= 15 is 0 Å². The van der Waals surface area contributed by atoms with Gasteiger partial charge in [-0.3, -0.25) is 9.59 Å². The van der Waals surface area contributed by atoms with E-state index in [2.05, 4.69) is 4.74 Å². The molecule has 4 heteroatoms. The molecule has 0 aromatic rings. The van der Waals surface area contributed by atoms with Gasteiger partial charge in [0.15, 0.2) is 11.5 Å². The fourth-order valence-corrected chi connectivity index (χ4v) is 0.574. The van der Waals surface area contributed by atoms with Gasteiger partial charge in [-0.05, 0) is 6.92 Å². The Bertz CT molecular complexity index is 214. The Labute approximate surface area is 65.0 Å². The van der Waals surface area contributed by atoms with E-state index in [1.165, 1.54) is 20.8 Å². The first-order chi connectivity index (χ1) is 4.95. The zero-order valence-corrected chi connectivity index (χ0v) is 6.80. The van der Waals surface area contributed by atoms with Crippen molar-refractivity contribution in [3.63, 3.8) is 0 Å². The molecular formula is C7H11NO3.